The van der Waals surface area contributed by atoms with Crippen LogP contribution in [0.25, 0.3) is 0 Å². The van der Waals surface area contributed by atoms with E-state index in [0.29, 0.717) is 11.3 Å². The van der Waals surface area contributed by atoms with Crippen LogP contribution in [0.3, 0.4) is 0 Å². The molecule has 0 heterocycles. The molecular formula is C13H20FNOS. The van der Waals surface area contributed by atoms with Crippen LogP contribution in [0.15, 0.2) is 18.2 Å². The molecule has 0 aliphatic carbocycles. The van der Waals surface area contributed by atoms with Crippen molar-refractivity contribution in [2.45, 2.75) is 26.0 Å². The van der Waals surface area contributed by atoms with Crippen molar-refractivity contribution in [2.75, 3.05) is 24.0 Å². The summed E-state index contributed by atoms with van der Waals surface area (Å²) in [5, 5.41) is 9.28. The molecule has 0 aromatic heterocycles. The van der Waals surface area contributed by atoms with E-state index in [1.807, 2.05) is 18.2 Å². The number of halogens is 1. The highest BCUT2D eigenvalue weighted by molar-refractivity contribution is 7.98. The first-order chi connectivity index (χ1) is 8.15. The number of benzene rings is 1. The minimum Gasteiger partial charge on any atom is -0.392 e. The molecule has 17 heavy (non-hydrogen) atoms. The third-order valence-corrected chi connectivity index (χ3v) is 3.69. The molecule has 1 atom stereocenters. The Bertz CT molecular complexity index is 359. The van der Waals surface area contributed by atoms with Crippen LogP contribution < -0.4 is 4.90 Å². The van der Waals surface area contributed by atoms with Gasteiger partial charge in [0.2, 0.25) is 0 Å². The number of aliphatic hydroxyl groups is 1. The second-order valence-electron chi connectivity index (χ2n) is 4.03. The zero-order valence-corrected chi connectivity index (χ0v) is 11.4. The summed E-state index contributed by atoms with van der Waals surface area (Å²) in [7, 11) is 1.89. The lowest BCUT2D eigenvalue weighted by Crippen LogP contribution is -2.34. The zero-order valence-electron chi connectivity index (χ0n) is 10.6. The lowest BCUT2D eigenvalue weighted by Gasteiger charge is -2.30. The molecule has 0 aliphatic rings. The van der Waals surface area contributed by atoms with Crippen LogP contribution in [0.2, 0.25) is 0 Å². The van der Waals surface area contributed by atoms with Crippen molar-refractivity contribution in [3.8, 4) is 0 Å². The van der Waals surface area contributed by atoms with Crippen molar-refractivity contribution in [3.05, 3.63) is 29.6 Å². The summed E-state index contributed by atoms with van der Waals surface area (Å²) in [6.07, 6.45) is 3.00. The molecule has 0 saturated heterocycles. The van der Waals surface area contributed by atoms with E-state index >= 15 is 0 Å². The van der Waals surface area contributed by atoms with Crippen LogP contribution in [-0.2, 0) is 6.61 Å². The molecule has 1 N–H and O–H groups in total. The molecule has 0 aliphatic heterocycles. The van der Waals surface area contributed by atoms with Gasteiger partial charge in [0.05, 0.1) is 12.3 Å². The van der Waals surface area contributed by atoms with Gasteiger partial charge in [0, 0.05) is 24.4 Å². The number of thioether (sulfide) groups is 1. The van der Waals surface area contributed by atoms with E-state index in [4.69, 9.17) is 0 Å². The smallest absolute Gasteiger partial charge is 0.146 e. The van der Waals surface area contributed by atoms with Gasteiger partial charge in [-0.3, -0.25) is 0 Å². The molecule has 96 valence electrons. The van der Waals surface area contributed by atoms with Crippen LogP contribution >= 0.6 is 11.8 Å². The fourth-order valence-electron chi connectivity index (χ4n) is 1.96. The van der Waals surface area contributed by atoms with Gasteiger partial charge in [-0.15, -0.1) is 0 Å². The van der Waals surface area contributed by atoms with Crippen molar-refractivity contribution >= 4 is 17.4 Å². The van der Waals surface area contributed by atoms with E-state index in [1.54, 1.807) is 23.9 Å². The fraction of sp³-hybridized carbons (Fsp3) is 0.538. The van der Waals surface area contributed by atoms with Crippen molar-refractivity contribution in [1.29, 1.82) is 0 Å². The maximum atomic E-state index is 13.9. The number of anilines is 1. The highest BCUT2D eigenvalue weighted by atomic mass is 32.2. The van der Waals surface area contributed by atoms with Gasteiger partial charge in [0.15, 0.2) is 0 Å². The van der Waals surface area contributed by atoms with Gasteiger partial charge >= 0.3 is 0 Å². The molecule has 1 aromatic rings. The van der Waals surface area contributed by atoms with Gasteiger partial charge in [-0.05, 0) is 18.7 Å². The molecule has 0 radical (unpaired) electrons. The maximum Gasteiger partial charge on any atom is 0.146 e. The molecule has 0 fully saturated rings. The molecule has 0 spiro atoms. The van der Waals surface area contributed by atoms with Crippen molar-refractivity contribution in [3.63, 3.8) is 0 Å². The Morgan fingerprint density at radius 2 is 2.18 bits per heavy atom. The fourth-order valence-corrected chi connectivity index (χ4v) is 2.81. The molecule has 1 unspecified atom stereocenters. The Labute approximate surface area is 107 Å². The summed E-state index contributed by atoms with van der Waals surface area (Å²) in [4.78, 5) is 1.94. The molecular weight excluding hydrogens is 237 g/mol. The van der Waals surface area contributed by atoms with Gasteiger partial charge in [-0.2, -0.15) is 11.8 Å². The normalized spacial score (nSPS) is 12.5. The van der Waals surface area contributed by atoms with E-state index in [9.17, 15) is 9.50 Å². The van der Waals surface area contributed by atoms with Crippen LogP contribution in [-0.4, -0.2) is 30.2 Å². The van der Waals surface area contributed by atoms with Gasteiger partial charge < -0.3 is 10.0 Å². The molecule has 4 heteroatoms. The SMILES string of the molecule is CCC(CSC)N(C)c1c(F)cccc1CO. The van der Waals surface area contributed by atoms with Crippen molar-refractivity contribution in [2.24, 2.45) is 0 Å². The van der Waals surface area contributed by atoms with Gasteiger partial charge in [-0.25, -0.2) is 4.39 Å². The van der Waals surface area contributed by atoms with Gasteiger partial charge in [-0.1, -0.05) is 19.1 Å². The molecule has 1 rings (SSSR count). The summed E-state index contributed by atoms with van der Waals surface area (Å²) in [6.45, 7) is 1.96. The average molecular weight is 257 g/mol. The summed E-state index contributed by atoms with van der Waals surface area (Å²) in [5.41, 5.74) is 1.17. The highest BCUT2D eigenvalue weighted by Crippen LogP contribution is 2.26. The predicted molar refractivity (Wildman–Crippen MR) is 73.2 cm³/mol. The minimum absolute atomic E-state index is 0.132. The Balaban J connectivity index is 3.04. The standard InChI is InChI=1S/C13H20FNOS/c1-4-11(9-17-3)15(2)13-10(8-16)6-5-7-12(13)14/h5-7,11,16H,4,8-9H2,1-3H3. The number of hydrogen-bond donors (Lipinski definition) is 1. The number of rotatable bonds is 6. The molecule has 0 saturated carbocycles. The Morgan fingerprint density at radius 3 is 2.71 bits per heavy atom. The second-order valence-corrected chi connectivity index (χ2v) is 4.94. The van der Waals surface area contributed by atoms with E-state index in [-0.39, 0.29) is 18.5 Å². The highest BCUT2D eigenvalue weighted by Gasteiger charge is 2.18. The minimum atomic E-state index is -0.265. The summed E-state index contributed by atoms with van der Waals surface area (Å²) in [6, 6.07) is 5.12. The number of aliphatic hydroxyl groups excluding tert-OH is 1. The first kappa shape index (κ1) is 14.3. The Hall–Kier alpha value is -0.740. The van der Waals surface area contributed by atoms with Crippen molar-refractivity contribution in [1.82, 2.24) is 0 Å². The third-order valence-electron chi connectivity index (χ3n) is 2.97. The van der Waals surface area contributed by atoms with Crippen LogP contribution in [0.4, 0.5) is 10.1 Å². The number of nitrogens with zero attached hydrogens (tertiary/aromatic N) is 1. The third kappa shape index (κ3) is 3.36. The molecule has 1 aromatic carbocycles. The largest absolute Gasteiger partial charge is 0.392 e. The molecule has 0 amide bonds. The maximum absolute atomic E-state index is 13.9. The molecule has 0 bridgehead atoms. The summed E-state index contributed by atoms with van der Waals surface area (Å²) in [5.74, 6) is 0.685. The lowest BCUT2D eigenvalue weighted by atomic mass is 10.1. The Morgan fingerprint density at radius 1 is 1.47 bits per heavy atom. The second kappa shape index (κ2) is 6.87. The number of hydrogen-bond acceptors (Lipinski definition) is 3. The van der Waals surface area contributed by atoms with Crippen LogP contribution in [0.5, 0.6) is 0 Å². The van der Waals surface area contributed by atoms with Gasteiger partial charge in [0.25, 0.3) is 0 Å². The first-order valence-electron chi connectivity index (χ1n) is 5.75. The van der Waals surface area contributed by atoms with Crippen LogP contribution in [0.1, 0.15) is 18.9 Å². The van der Waals surface area contributed by atoms with Crippen molar-refractivity contribution < 1.29 is 9.50 Å². The monoisotopic (exact) mass is 257 g/mol. The Kier molecular flexibility index (Phi) is 5.78. The topological polar surface area (TPSA) is 23.5 Å². The van der Waals surface area contributed by atoms with E-state index in [2.05, 4.69) is 6.92 Å². The predicted octanol–water partition coefficient (Wildman–Crippen LogP) is 2.90. The summed E-state index contributed by atoms with van der Waals surface area (Å²) < 4.78 is 13.9. The van der Waals surface area contributed by atoms with E-state index in [0.717, 1.165) is 12.2 Å². The van der Waals surface area contributed by atoms with E-state index < -0.39 is 0 Å². The average Bonchev–Trinajstić information content (AvgIpc) is 2.34. The zero-order chi connectivity index (χ0) is 12.8. The quantitative estimate of drug-likeness (QED) is 0.847. The van der Waals surface area contributed by atoms with Crippen LogP contribution in [0, 0.1) is 5.82 Å². The lowest BCUT2D eigenvalue weighted by molar-refractivity contribution is 0.281. The van der Waals surface area contributed by atoms with E-state index in [1.165, 1.54) is 6.07 Å². The first-order valence-corrected chi connectivity index (χ1v) is 7.15. The summed E-state index contributed by atoms with van der Waals surface area (Å²) >= 11 is 1.75. The van der Waals surface area contributed by atoms with Gasteiger partial charge in [0.1, 0.15) is 5.82 Å². The molecule has 2 nitrogen and oxygen atoms in total. The number of para-hydroxylation sites is 1.